The minimum atomic E-state index is -1.05. The van der Waals surface area contributed by atoms with Crippen molar-refractivity contribution in [2.24, 2.45) is 0 Å². The lowest BCUT2D eigenvalue weighted by molar-refractivity contribution is -0.384. The standard InChI is InChI=1S/C11H10Cl2N2O5/c12-7-2-5(15(19)20)1-6(10(7)13)11(18)14-3-8(16)9(17)4-14/h1-2,8-9,16-17H,3-4H2. The lowest BCUT2D eigenvalue weighted by Gasteiger charge is -2.16. The molecule has 1 aliphatic heterocycles. The van der Waals surface area contributed by atoms with Crippen LogP contribution in [0.25, 0.3) is 0 Å². The van der Waals surface area contributed by atoms with E-state index in [0.29, 0.717) is 0 Å². The number of hydrogen-bond donors (Lipinski definition) is 2. The van der Waals surface area contributed by atoms with Crippen molar-refractivity contribution in [2.45, 2.75) is 12.2 Å². The SMILES string of the molecule is O=C(c1cc([N+](=O)[O-])cc(Cl)c1Cl)N1CC(O)C(O)C1. The van der Waals surface area contributed by atoms with Gasteiger partial charge in [0.1, 0.15) is 0 Å². The normalized spacial score (nSPS) is 22.1. The van der Waals surface area contributed by atoms with E-state index in [-0.39, 0.29) is 34.4 Å². The number of nitrogens with zero attached hydrogens (tertiary/aromatic N) is 2. The Morgan fingerprint density at radius 3 is 2.35 bits per heavy atom. The fourth-order valence-corrected chi connectivity index (χ4v) is 2.34. The van der Waals surface area contributed by atoms with Crippen LogP contribution < -0.4 is 0 Å². The number of aliphatic hydroxyl groups is 2. The van der Waals surface area contributed by atoms with Crippen LogP contribution >= 0.6 is 23.2 Å². The predicted molar refractivity (Wildman–Crippen MR) is 71.0 cm³/mol. The van der Waals surface area contributed by atoms with Gasteiger partial charge in [-0.15, -0.1) is 0 Å². The molecule has 2 atom stereocenters. The molecule has 7 nitrogen and oxygen atoms in total. The number of amides is 1. The fourth-order valence-electron chi connectivity index (χ4n) is 1.94. The monoisotopic (exact) mass is 320 g/mol. The minimum absolute atomic E-state index is 0.0728. The second kappa shape index (κ2) is 5.53. The van der Waals surface area contributed by atoms with Gasteiger partial charge in [0, 0.05) is 25.2 Å². The van der Waals surface area contributed by atoms with Gasteiger partial charge in [0.25, 0.3) is 11.6 Å². The average molecular weight is 321 g/mol. The molecule has 1 amide bonds. The number of halogens is 2. The Morgan fingerprint density at radius 1 is 1.30 bits per heavy atom. The van der Waals surface area contributed by atoms with Gasteiger partial charge in [0.15, 0.2) is 0 Å². The summed E-state index contributed by atoms with van der Waals surface area (Å²) in [6.45, 7) is -0.146. The van der Waals surface area contributed by atoms with Crippen LogP contribution in [0.1, 0.15) is 10.4 Å². The lowest BCUT2D eigenvalue weighted by Crippen LogP contribution is -2.30. The van der Waals surface area contributed by atoms with E-state index in [2.05, 4.69) is 0 Å². The molecule has 1 aromatic rings. The average Bonchev–Trinajstić information content (AvgIpc) is 2.71. The van der Waals surface area contributed by atoms with Crippen LogP contribution in [-0.2, 0) is 0 Å². The lowest BCUT2D eigenvalue weighted by atomic mass is 10.1. The molecular formula is C11H10Cl2N2O5. The van der Waals surface area contributed by atoms with E-state index in [4.69, 9.17) is 23.2 Å². The molecule has 0 radical (unpaired) electrons. The molecule has 108 valence electrons. The van der Waals surface area contributed by atoms with Crippen LogP contribution in [0.5, 0.6) is 0 Å². The van der Waals surface area contributed by atoms with Crippen LogP contribution in [-0.4, -0.2) is 51.2 Å². The van der Waals surface area contributed by atoms with Crippen molar-refractivity contribution in [3.63, 3.8) is 0 Å². The van der Waals surface area contributed by atoms with Gasteiger partial charge in [-0.25, -0.2) is 0 Å². The molecule has 0 aromatic heterocycles. The van der Waals surface area contributed by atoms with Gasteiger partial charge >= 0.3 is 0 Å². The Bertz CT molecular complexity index is 570. The molecular weight excluding hydrogens is 311 g/mol. The molecule has 9 heteroatoms. The highest BCUT2D eigenvalue weighted by Gasteiger charge is 2.34. The Morgan fingerprint density at radius 2 is 1.85 bits per heavy atom. The zero-order chi connectivity index (χ0) is 15.0. The van der Waals surface area contributed by atoms with Crippen LogP contribution in [0.2, 0.25) is 10.0 Å². The van der Waals surface area contributed by atoms with E-state index in [0.717, 1.165) is 17.0 Å². The maximum Gasteiger partial charge on any atom is 0.271 e. The van der Waals surface area contributed by atoms with Crippen molar-refractivity contribution in [3.8, 4) is 0 Å². The Kier molecular flexibility index (Phi) is 4.14. The zero-order valence-corrected chi connectivity index (χ0v) is 11.5. The Balaban J connectivity index is 2.37. The first-order valence-corrected chi connectivity index (χ1v) is 6.35. The minimum Gasteiger partial charge on any atom is -0.388 e. The van der Waals surface area contributed by atoms with E-state index in [9.17, 15) is 25.1 Å². The molecule has 0 spiro atoms. The van der Waals surface area contributed by atoms with Gasteiger partial charge in [-0.05, 0) is 0 Å². The number of nitro benzene ring substituents is 1. The van der Waals surface area contributed by atoms with E-state index >= 15 is 0 Å². The molecule has 2 unspecified atom stereocenters. The number of likely N-dealkylation sites (tertiary alicyclic amines) is 1. The molecule has 1 aliphatic rings. The first-order chi connectivity index (χ1) is 9.31. The van der Waals surface area contributed by atoms with Gasteiger partial charge in [0.05, 0.1) is 32.7 Å². The predicted octanol–water partition coefficient (Wildman–Crippen LogP) is 1.08. The third-order valence-corrected chi connectivity index (χ3v) is 3.80. The summed E-state index contributed by atoms with van der Waals surface area (Å²) in [5, 5.41) is 29.4. The van der Waals surface area contributed by atoms with E-state index in [1.54, 1.807) is 0 Å². The third kappa shape index (κ3) is 2.71. The van der Waals surface area contributed by atoms with Gasteiger partial charge in [-0.2, -0.15) is 0 Å². The third-order valence-electron chi connectivity index (χ3n) is 3.00. The van der Waals surface area contributed by atoms with Crippen molar-refractivity contribution < 1.29 is 19.9 Å². The van der Waals surface area contributed by atoms with Crippen LogP contribution in [0.15, 0.2) is 12.1 Å². The first-order valence-electron chi connectivity index (χ1n) is 5.60. The van der Waals surface area contributed by atoms with Crippen LogP contribution in [0.3, 0.4) is 0 Å². The van der Waals surface area contributed by atoms with Crippen molar-refractivity contribution >= 4 is 34.8 Å². The number of aliphatic hydroxyl groups excluding tert-OH is 2. The summed E-state index contributed by atoms with van der Waals surface area (Å²) >= 11 is 11.7. The van der Waals surface area contributed by atoms with Gasteiger partial charge in [-0.1, -0.05) is 23.2 Å². The molecule has 1 fully saturated rings. The summed E-state index contributed by atoms with van der Waals surface area (Å²) in [6.07, 6.45) is -2.10. The molecule has 2 rings (SSSR count). The van der Waals surface area contributed by atoms with Crippen LogP contribution in [0.4, 0.5) is 5.69 Å². The highest BCUT2D eigenvalue weighted by molar-refractivity contribution is 6.44. The number of β-amino-alcohol motifs (C(OH)–C–C–N with tert-alkyl or cyclic N) is 2. The fraction of sp³-hybridized carbons (Fsp3) is 0.364. The number of non-ortho nitro benzene ring substituents is 1. The summed E-state index contributed by atoms with van der Waals surface area (Å²) in [4.78, 5) is 23.5. The molecule has 0 aliphatic carbocycles. The quantitative estimate of drug-likeness (QED) is 0.626. The number of benzene rings is 1. The van der Waals surface area contributed by atoms with Gasteiger partial charge < -0.3 is 15.1 Å². The van der Waals surface area contributed by atoms with Gasteiger partial charge in [-0.3, -0.25) is 14.9 Å². The second-order valence-electron chi connectivity index (χ2n) is 4.39. The summed E-state index contributed by atoms with van der Waals surface area (Å²) in [6, 6.07) is 2.07. The van der Waals surface area contributed by atoms with Crippen molar-refractivity contribution in [1.82, 2.24) is 4.90 Å². The first kappa shape index (κ1) is 15.0. The van der Waals surface area contributed by atoms with Crippen molar-refractivity contribution in [3.05, 3.63) is 37.9 Å². The van der Waals surface area contributed by atoms with Gasteiger partial charge in [0.2, 0.25) is 0 Å². The summed E-state index contributed by atoms with van der Waals surface area (Å²) < 4.78 is 0. The Hall–Kier alpha value is -1.41. The highest BCUT2D eigenvalue weighted by atomic mass is 35.5. The second-order valence-corrected chi connectivity index (χ2v) is 5.18. The molecule has 2 N–H and O–H groups in total. The Labute approximate surface area is 123 Å². The summed E-state index contributed by atoms with van der Waals surface area (Å²) in [5.74, 6) is -0.629. The number of carbonyl (C=O) groups excluding carboxylic acids is 1. The number of hydrogen-bond acceptors (Lipinski definition) is 5. The molecule has 0 saturated carbocycles. The largest absolute Gasteiger partial charge is 0.388 e. The molecule has 20 heavy (non-hydrogen) atoms. The maximum atomic E-state index is 12.2. The summed E-state index contributed by atoms with van der Waals surface area (Å²) in [5.41, 5.74) is -0.491. The van der Waals surface area contributed by atoms with E-state index in [1.807, 2.05) is 0 Å². The zero-order valence-electron chi connectivity index (χ0n) is 9.99. The smallest absolute Gasteiger partial charge is 0.271 e. The molecule has 1 heterocycles. The van der Waals surface area contributed by atoms with Crippen LogP contribution in [0, 0.1) is 10.1 Å². The van der Waals surface area contributed by atoms with Crippen molar-refractivity contribution in [1.29, 1.82) is 0 Å². The van der Waals surface area contributed by atoms with E-state index in [1.165, 1.54) is 0 Å². The maximum absolute atomic E-state index is 12.2. The number of carbonyl (C=O) groups is 1. The highest BCUT2D eigenvalue weighted by Crippen LogP contribution is 2.32. The molecule has 1 aromatic carbocycles. The molecule has 1 saturated heterocycles. The molecule has 0 bridgehead atoms. The number of nitro groups is 1. The topological polar surface area (TPSA) is 104 Å². The van der Waals surface area contributed by atoms with Crippen molar-refractivity contribution in [2.75, 3.05) is 13.1 Å². The van der Waals surface area contributed by atoms with E-state index < -0.39 is 23.0 Å². The summed E-state index contributed by atoms with van der Waals surface area (Å²) in [7, 11) is 0. The number of rotatable bonds is 2.